The van der Waals surface area contributed by atoms with Gasteiger partial charge in [0.05, 0.1) is 11.5 Å². The normalized spacial score (nSPS) is 10.7. The summed E-state index contributed by atoms with van der Waals surface area (Å²) >= 11 is 0. The van der Waals surface area contributed by atoms with Crippen LogP contribution in [-0.2, 0) is 9.47 Å². The number of nitro benzene ring substituents is 1. The number of nitro groups is 1. The second-order valence-corrected chi connectivity index (χ2v) is 3.97. The summed E-state index contributed by atoms with van der Waals surface area (Å²) in [4.78, 5) is 21.5. The van der Waals surface area contributed by atoms with Gasteiger partial charge in [-0.2, -0.15) is 4.39 Å². The zero-order valence-electron chi connectivity index (χ0n) is 11.8. The minimum absolute atomic E-state index is 0.00940. The summed E-state index contributed by atoms with van der Waals surface area (Å²) in [6.07, 6.45) is -0.591. The van der Waals surface area contributed by atoms with Crippen LogP contribution in [0.1, 0.15) is 24.2 Å². The van der Waals surface area contributed by atoms with Crippen LogP contribution >= 0.6 is 0 Å². The second-order valence-electron chi connectivity index (χ2n) is 3.97. The predicted octanol–water partition coefficient (Wildman–Crippen LogP) is 1.86. The quantitative estimate of drug-likeness (QED) is 0.449. The lowest BCUT2D eigenvalue weighted by Gasteiger charge is -2.17. The average molecular weight is 300 g/mol. The highest BCUT2D eigenvalue weighted by Gasteiger charge is 2.17. The van der Waals surface area contributed by atoms with Crippen LogP contribution in [0, 0.1) is 15.9 Å². The average Bonchev–Trinajstić information content (AvgIpc) is 2.44. The molecule has 1 amide bonds. The van der Waals surface area contributed by atoms with E-state index in [1.165, 1.54) is 6.07 Å². The molecule has 0 spiro atoms. The van der Waals surface area contributed by atoms with E-state index in [9.17, 15) is 19.3 Å². The lowest BCUT2D eigenvalue weighted by atomic mass is 10.2. The van der Waals surface area contributed by atoms with E-state index >= 15 is 0 Å². The lowest BCUT2D eigenvalue weighted by molar-refractivity contribution is -0.387. The maximum atomic E-state index is 13.4. The Morgan fingerprint density at radius 1 is 1.38 bits per heavy atom. The van der Waals surface area contributed by atoms with E-state index in [1.54, 1.807) is 13.8 Å². The summed E-state index contributed by atoms with van der Waals surface area (Å²) in [6.45, 7) is 4.53. The van der Waals surface area contributed by atoms with Crippen molar-refractivity contribution < 1.29 is 23.6 Å². The third-order valence-corrected chi connectivity index (χ3v) is 2.54. The maximum Gasteiger partial charge on any atom is 0.304 e. The zero-order chi connectivity index (χ0) is 15.8. The topological polar surface area (TPSA) is 90.7 Å². The molecule has 0 heterocycles. The second kappa shape index (κ2) is 8.28. The number of nitrogens with one attached hydrogen (secondary N) is 1. The summed E-state index contributed by atoms with van der Waals surface area (Å²) < 4.78 is 23.9. The molecule has 0 unspecified atom stereocenters. The molecule has 1 rings (SSSR count). The van der Waals surface area contributed by atoms with Crippen molar-refractivity contribution in [2.24, 2.45) is 0 Å². The minimum Gasteiger partial charge on any atom is -0.351 e. The van der Waals surface area contributed by atoms with Gasteiger partial charge < -0.3 is 14.8 Å². The van der Waals surface area contributed by atoms with Gasteiger partial charge in [-0.15, -0.1) is 0 Å². The van der Waals surface area contributed by atoms with Crippen LogP contribution in [0.4, 0.5) is 10.1 Å². The van der Waals surface area contributed by atoms with Gasteiger partial charge in [-0.25, -0.2) is 0 Å². The molecule has 0 radical (unpaired) electrons. The first-order valence-corrected chi connectivity index (χ1v) is 6.44. The number of amides is 1. The Labute approximate surface area is 121 Å². The minimum atomic E-state index is -1.06. The highest BCUT2D eigenvalue weighted by Crippen LogP contribution is 2.17. The van der Waals surface area contributed by atoms with Crippen LogP contribution in [0.2, 0.25) is 0 Å². The van der Waals surface area contributed by atoms with E-state index in [-0.39, 0.29) is 12.1 Å². The van der Waals surface area contributed by atoms with Gasteiger partial charge >= 0.3 is 5.69 Å². The third-order valence-electron chi connectivity index (χ3n) is 2.54. The van der Waals surface area contributed by atoms with Crippen molar-refractivity contribution in [2.75, 3.05) is 19.8 Å². The van der Waals surface area contributed by atoms with E-state index in [0.29, 0.717) is 13.2 Å². The smallest absolute Gasteiger partial charge is 0.304 e. The summed E-state index contributed by atoms with van der Waals surface area (Å²) in [6, 6.07) is 2.96. The van der Waals surface area contributed by atoms with Crippen molar-refractivity contribution in [3.05, 3.63) is 39.7 Å². The summed E-state index contributed by atoms with van der Waals surface area (Å²) in [5, 5.41) is 13.0. The Morgan fingerprint density at radius 3 is 2.48 bits per heavy atom. The SMILES string of the molecule is CCOC(CNC(=O)c1ccc([N+](=O)[O-])c(F)c1)OCC. The molecule has 0 aliphatic heterocycles. The van der Waals surface area contributed by atoms with Crippen LogP contribution in [-0.4, -0.2) is 36.9 Å². The van der Waals surface area contributed by atoms with Crippen molar-refractivity contribution in [1.82, 2.24) is 5.32 Å². The van der Waals surface area contributed by atoms with Gasteiger partial charge in [0, 0.05) is 24.8 Å². The summed E-state index contributed by atoms with van der Waals surface area (Å²) in [5.74, 6) is -1.62. The number of carbonyl (C=O) groups is 1. The first kappa shape index (κ1) is 17.0. The van der Waals surface area contributed by atoms with E-state index in [0.717, 1.165) is 12.1 Å². The molecule has 0 aliphatic carbocycles. The molecule has 1 aromatic carbocycles. The van der Waals surface area contributed by atoms with Crippen molar-refractivity contribution in [1.29, 1.82) is 0 Å². The Kier molecular flexibility index (Phi) is 6.70. The molecule has 0 saturated heterocycles. The van der Waals surface area contributed by atoms with Crippen molar-refractivity contribution in [3.63, 3.8) is 0 Å². The van der Waals surface area contributed by atoms with Gasteiger partial charge in [0.25, 0.3) is 5.91 Å². The number of hydrogen-bond acceptors (Lipinski definition) is 5. The summed E-state index contributed by atoms with van der Waals surface area (Å²) in [7, 11) is 0. The van der Waals surface area contributed by atoms with E-state index < -0.39 is 28.6 Å². The fourth-order valence-corrected chi connectivity index (χ4v) is 1.61. The Balaban J connectivity index is 2.67. The third kappa shape index (κ3) is 5.09. The molecule has 116 valence electrons. The van der Waals surface area contributed by atoms with Gasteiger partial charge in [-0.3, -0.25) is 14.9 Å². The maximum absolute atomic E-state index is 13.4. The highest BCUT2D eigenvalue weighted by atomic mass is 19.1. The largest absolute Gasteiger partial charge is 0.351 e. The van der Waals surface area contributed by atoms with Gasteiger partial charge in [0.1, 0.15) is 0 Å². The van der Waals surface area contributed by atoms with E-state index in [2.05, 4.69) is 5.32 Å². The van der Waals surface area contributed by atoms with Gasteiger partial charge in [-0.05, 0) is 26.0 Å². The number of carbonyl (C=O) groups excluding carboxylic acids is 1. The molecule has 1 N–H and O–H groups in total. The van der Waals surface area contributed by atoms with Crippen molar-refractivity contribution in [3.8, 4) is 0 Å². The lowest BCUT2D eigenvalue weighted by Crippen LogP contribution is -2.35. The Bertz CT molecular complexity index is 503. The number of hydrogen-bond donors (Lipinski definition) is 1. The van der Waals surface area contributed by atoms with Crippen LogP contribution < -0.4 is 5.32 Å². The van der Waals surface area contributed by atoms with Gasteiger partial charge in [-0.1, -0.05) is 0 Å². The monoisotopic (exact) mass is 300 g/mol. The molecule has 0 fully saturated rings. The van der Waals surface area contributed by atoms with Gasteiger partial charge in [0.2, 0.25) is 5.82 Å². The Morgan fingerprint density at radius 2 is 2.00 bits per heavy atom. The van der Waals surface area contributed by atoms with Crippen molar-refractivity contribution >= 4 is 11.6 Å². The number of ether oxygens (including phenoxy) is 2. The fourth-order valence-electron chi connectivity index (χ4n) is 1.61. The predicted molar refractivity (Wildman–Crippen MR) is 72.4 cm³/mol. The molecule has 0 saturated carbocycles. The molecule has 0 aliphatic rings. The van der Waals surface area contributed by atoms with E-state index in [4.69, 9.17) is 9.47 Å². The highest BCUT2D eigenvalue weighted by molar-refractivity contribution is 5.94. The van der Waals surface area contributed by atoms with Crippen LogP contribution in [0.25, 0.3) is 0 Å². The molecule has 0 aromatic heterocycles. The molecule has 0 bridgehead atoms. The molecule has 21 heavy (non-hydrogen) atoms. The first-order valence-electron chi connectivity index (χ1n) is 6.44. The first-order chi connectivity index (χ1) is 9.99. The molecular weight excluding hydrogens is 283 g/mol. The molecule has 1 aromatic rings. The number of halogens is 1. The zero-order valence-corrected chi connectivity index (χ0v) is 11.8. The number of nitrogens with zero attached hydrogens (tertiary/aromatic N) is 1. The number of benzene rings is 1. The summed E-state index contributed by atoms with van der Waals surface area (Å²) in [5.41, 5.74) is -0.682. The molecular formula is C13H17FN2O5. The fraction of sp³-hybridized carbons (Fsp3) is 0.462. The molecule has 7 nitrogen and oxygen atoms in total. The van der Waals surface area contributed by atoms with Crippen LogP contribution in [0.5, 0.6) is 0 Å². The van der Waals surface area contributed by atoms with Crippen LogP contribution in [0.3, 0.4) is 0 Å². The van der Waals surface area contributed by atoms with Gasteiger partial charge in [0.15, 0.2) is 6.29 Å². The van der Waals surface area contributed by atoms with Crippen LogP contribution in [0.15, 0.2) is 18.2 Å². The van der Waals surface area contributed by atoms with E-state index in [1.807, 2.05) is 0 Å². The Hall–Kier alpha value is -2.06. The standard InChI is InChI=1S/C13H17FN2O5/c1-3-20-12(21-4-2)8-15-13(17)9-5-6-11(16(18)19)10(14)7-9/h5-7,12H,3-4,8H2,1-2H3,(H,15,17). The molecule has 0 atom stereocenters. The number of rotatable bonds is 8. The van der Waals surface area contributed by atoms with Crippen molar-refractivity contribution in [2.45, 2.75) is 20.1 Å². The molecule has 8 heteroatoms.